The highest BCUT2D eigenvalue weighted by Crippen LogP contribution is 2.17. The third kappa shape index (κ3) is 3.31. The van der Waals surface area contributed by atoms with Crippen molar-refractivity contribution in [1.82, 2.24) is 15.4 Å². The van der Waals surface area contributed by atoms with Gasteiger partial charge in [-0.05, 0) is 45.0 Å². The molecule has 2 N–H and O–H groups in total. The molecule has 19 heavy (non-hydrogen) atoms. The zero-order valence-electron chi connectivity index (χ0n) is 11.1. The first kappa shape index (κ1) is 13.1. The number of amides is 1. The van der Waals surface area contributed by atoms with Crippen molar-refractivity contribution in [2.75, 3.05) is 5.32 Å². The zero-order valence-corrected chi connectivity index (χ0v) is 11.1. The van der Waals surface area contributed by atoms with E-state index >= 15 is 0 Å². The van der Waals surface area contributed by atoms with E-state index in [0.717, 1.165) is 5.75 Å². The molecule has 0 spiro atoms. The minimum absolute atomic E-state index is 0.123. The second-order valence-electron chi connectivity index (χ2n) is 4.40. The first-order chi connectivity index (χ1) is 9.06. The quantitative estimate of drug-likeness (QED) is 0.882. The summed E-state index contributed by atoms with van der Waals surface area (Å²) in [5.74, 6) is 0.481. The highest BCUT2D eigenvalue weighted by molar-refractivity contribution is 6.03. The Morgan fingerprint density at radius 1 is 1.26 bits per heavy atom. The van der Waals surface area contributed by atoms with Crippen LogP contribution >= 0.6 is 0 Å². The summed E-state index contributed by atoms with van der Waals surface area (Å²) in [7, 11) is 0. The van der Waals surface area contributed by atoms with Crippen LogP contribution in [0.15, 0.2) is 24.3 Å². The molecule has 0 bridgehead atoms. The molecule has 0 radical (unpaired) electrons. The highest BCUT2D eigenvalue weighted by Gasteiger charge is 2.13. The van der Waals surface area contributed by atoms with Gasteiger partial charge in [0.1, 0.15) is 5.75 Å². The third-order valence-corrected chi connectivity index (χ3v) is 2.42. The Morgan fingerprint density at radius 2 is 1.95 bits per heavy atom. The van der Waals surface area contributed by atoms with Crippen LogP contribution in [0.3, 0.4) is 0 Å². The van der Waals surface area contributed by atoms with E-state index in [1.54, 1.807) is 19.1 Å². The minimum Gasteiger partial charge on any atom is -0.491 e. The molecule has 0 saturated carbocycles. The van der Waals surface area contributed by atoms with E-state index in [1.165, 1.54) is 0 Å². The fraction of sp³-hybridized carbons (Fsp3) is 0.308. The summed E-state index contributed by atoms with van der Waals surface area (Å²) in [5.41, 5.74) is 1.54. The lowest BCUT2D eigenvalue weighted by Crippen LogP contribution is -2.13. The summed E-state index contributed by atoms with van der Waals surface area (Å²) < 4.78 is 5.53. The summed E-state index contributed by atoms with van der Waals surface area (Å²) in [6, 6.07) is 7.19. The van der Waals surface area contributed by atoms with Crippen LogP contribution in [0.25, 0.3) is 0 Å². The Bertz CT molecular complexity index is 560. The van der Waals surface area contributed by atoms with E-state index < -0.39 is 0 Å². The lowest BCUT2D eigenvalue weighted by atomic mass is 10.2. The molecule has 0 saturated heterocycles. The van der Waals surface area contributed by atoms with Crippen molar-refractivity contribution in [3.63, 3.8) is 0 Å². The predicted molar refractivity (Wildman–Crippen MR) is 71.3 cm³/mol. The van der Waals surface area contributed by atoms with Crippen molar-refractivity contribution in [3.8, 4) is 5.75 Å². The Hall–Kier alpha value is -2.37. The predicted octanol–water partition coefficient (Wildman–Crippen LogP) is 2.15. The second-order valence-corrected chi connectivity index (χ2v) is 4.40. The number of nitrogens with zero attached hydrogens (tertiary/aromatic N) is 2. The molecule has 1 heterocycles. The molecule has 0 aliphatic heterocycles. The lowest BCUT2D eigenvalue weighted by Gasteiger charge is -2.10. The fourth-order valence-electron chi connectivity index (χ4n) is 1.58. The number of anilines is 1. The first-order valence-corrected chi connectivity index (χ1v) is 6.01. The molecule has 0 aliphatic carbocycles. The van der Waals surface area contributed by atoms with Crippen LogP contribution in [0.4, 0.5) is 5.69 Å². The van der Waals surface area contributed by atoms with E-state index in [-0.39, 0.29) is 12.0 Å². The summed E-state index contributed by atoms with van der Waals surface area (Å²) in [6.07, 6.45) is 0.123. The van der Waals surface area contributed by atoms with Gasteiger partial charge in [-0.15, -0.1) is 0 Å². The molecule has 1 amide bonds. The van der Waals surface area contributed by atoms with Gasteiger partial charge in [-0.25, -0.2) is 0 Å². The molecule has 2 rings (SSSR count). The smallest absolute Gasteiger partial charge is 0.278 e. The van der Waals surface area contributed by atoms with Gasteiger partial charge in [-0.2, -0.15) is 15.4 Å². The fourth-order valence-corrected chi connectivity index (χ4v) is 1.58. The van der Waals surface area contributed by atoms with Gasteiger partial charge < -0.3 is 10.1 Å². The molecule has 1 aromatic carbocycles. The van der Waals surface area contributed by atoms with Crippen LogP contribution in [0.1, 0.15) is 30.0 Å². The van der Waals surface area contributed by atoms with Crippen molar-refractivity contribution >= 4 is 11.6 Å². The molecule has 6 nitrogen and oxygen atoms in total. The number of carbonyl (C=O) groups excluding carboxylic acids is 1. The number of aryl methyl sites for hydroxylation is 1. The Morgan fingerprint density at radius 3 is 2.47 bits per heavy atom. The molecule has 0 fully saturated rings. The number of aromatic nitrogens is 3. The van der Waals surface area contributed by atoms with Crippen LogP contribution in [0.5, 0.6) is 5.75 Å². The van der Waals surface area contributed by atoms with Gasteiger partial charge in [0.2, 0.25) is 0 Å². The van der Waals surface area contributed by atoms with E-state index in [4.69, 9.17) is 4.74 Å². The number of rotatable bonds is 4. The van der Waals surface area contributed by atoms with Crippen molar-refractivity contribution in [2.45, 2.75) is 26.9 Å². The summed E-state index contributed by atoms with van der Waals surface area (Å²) in [4.78, 5) is 11.9. The standard InChI is InChI=1S/C13H16N4O2/c1-8(2)19-11-6-4-10(5-7-11)14-13(18)12-9(3)15-17-16-12/h4-8H,1-3H3,(H,14,18)(H,15,16,17). The molecule has 0 atom stereocenters. The van der Waals surface area contributed by atoms with Crippen molar-refractivity contribution in [2.24, 2.45) is 0 Å². The van der Waals surface area contributed by atoms with Crippen molar-refractivity contribution in [1.29, 1.82) is 0 Å². The highest BCUT2D eigenvalue weighted by atomic mass is 16.5. The SMILES string of the molecule is Cc1n[nH]nc1C(=O)Nc1ccc(OC(C)C)cc1. The molecule has 100 valence electrons. The average Bonchev–Trinajstić information content (AvgIpc) is 2.77. The van der Waals surface area contributed by atoms with Gasteiger partial charge in [0.05, 0.1) is 11.8 Å². The summed E-state index contributed by atoms with van der Waals surface area (Å²) in [5, 5.41) is 12.8. The number of aromatic amines is 1. The largest absolute Gasteiger partial charge is 0.491 e. The topological polar surface area (TPSA) is 79.9 Å². The number of ether oxygens (including phenoxy) is 1. The van der Waals surface area contributed by atoms with E-state index in [0.29, 0.717) is 17.1 Å². The van der Waals surface area contributed by atoms with Gasteiger partial charge in [-0.1, -0.05) is 0 Å². The van der Waals surface area contributed by atoms with Gasteiger partial charge in [0, 0.05) is 5.69 Å². The van der Waals surface area contributed by atoms with E-state index in [1.807, 2.05) is 26.0 Å². The first-order valence-electron chi connectivity index (χ1n) is 6.01. The lowest BCUT2D eigenvalue weighted by molar-refractivity contribution is 0.102. The molecule has 6 heteroatoms. The maximum atomic E-state index is 11.9. The van der Waals surface area contributed by atoms with Crippen LogP contribution in [-0.2, 0) is 0 Å². The van der Waals surface area contributed by atoms with Gasteiger partial charge in [-0.3, -0.25) is 4.79 Å². The third-order valence-electron chi connectivity index (χ3n) is 2.42. The molecular formula is C13H16N4O2. The monoisotopic (exact) mass is 260 g/mol. The van der Waals surface area contributed by atoms with Crippen LogP contribution in [-0.4, -0.2) is 27.4 Å². The number of benzene rings is 1. The minimum atomic E-state index is -0.288. The normalized spacial score (nSPS) is 10.5. The van der Waals surface area contributed by atoms with Crippen molar-refractivity contribution in [3.05, 3.63) is 35.7 Å². The molecule has 2 aromatic rings. The Balaban J connectivity index is 2.04. The van der Waals surface area contributed by atoms with Crippen LogP contribution in [0, 0.1) is 6.92 Å². The summed E-state index contributed by atoms with van der Waals surface area (Å²) in [6.45, 7) is 5.64. The number of hydrogen-bond donors (Lipinski definition) is 2. The average molecular weight is 260 g/mol. The molecule has 1 aromatic heterocycles. The van der Waals surface area contributed by atoms with Gasteiger partial charge >= 0.3 is 0 Å². The van der Waals surface area contributed by atoms with Gasteiger partial charge in [0.25, 0.3) is 5.91 Å². The number of H-pyrrole nitrogens is 1. The zero-order chi connectivity index (χ0) is 13.8. The van der Waals surface area contributed by atoms with Gasteiger partial charge in [0.15, 0.2) is 5.69 Å². The summed E-state index contributed by atoms with van der Waals surface area (Å²) >= 11 is 0. The number of nitrogens with one attached hydrogen (secondary N) is 2. The maximum Gasteiger partial charge on any atom is 0.278 e. The number of carbonyl (C=O) groups is 1. The van der Waals surface area contributed by atoms with E-state index in [9.17, 15) is 4.79 Å². The maximum absolute atomic E-state index is 11.9. The molecule has 0 aliphatic rings. The molecule has 0 unspecified atom stereocenters. The van der Waals surface area contributed by atoms with Crippen LogP contribution < -0.4 is 10.1 Å². The second kappa shape index (κ2) is 5.51. The molecular weight excluding hydrogens is 244 g/mol. The Labute approximate surface area is 111 Å². The van der Waals surface area contributed by atoms with E-state index in [2.05, 4.69) is 20.7 Å². The van der Waals surface area contributed by atoms with Crippen molar-refractivity contribution < 1.29 is 9.53 Å². The van der Waals surface area contributed by atoms with Crippen LogP contribution in [0.2, 0.25) is 0 Å². The Kier molecular flexibility index (Phi) is 3.79. The number of hydrogen-bond acceptors (Lipinski definition) is 4.